The minimum absolute atomic E-state index is 0.544. The lowest BCUT2D eigenvalue weighted by atomic mass is 9.90. The fourth-order valence-electron chi connectivity index (χ4n) is 1.53. The highest BCUT2D eigenvalue weighted by atomic mass is 14.9. The smallest absolute Gasteiger partial charge is 0.0597 e. The van der Waals surface area contributed by atoms with Crippen LogP contribution in [0.1, 0.15) is 12.8 Å². The van der Waals surface area contributed by atoms with Crippen molar-refractivity contribution in [3.05, 3.63) is 12.3 Å². The van der Waals surface area contributed by atoms with E-state index in [1.165, 1.54) is 6.42 Å². The van der Waals surface area contributed by atoms with Gasteiger partial charge in [-0.15, -0.1) is 0 Å². The Hall–Kier alpha value is -0.790. The summed E-state index contributed by atoms with van der Waals surface area (Å²) in [6.07, 6.45) is 8.31. The molecule has 0 N–H and O–H groups in total. The number of aliphatic imine (C=N–C) groups is 1. The third-order valence-corrected chi connectivity index (χ3v) is 2.18. The van der Waals surface area contributed by atoms with Gasteiger partial charge >= 0.3 is 0 Å². The van der Waals surface area contributed by atoms with Gasteiger partial charge in [-0.25, -0.2) is 0 Å². The van der Waals surface area contributed by atoms with E-state index in [1.54, 1.807) is 0 Å². The molecule has 0 saturated carbocycles. The van der Waals surface area contributed by atoms with Crippen LogP contribution in [0.2, 0.25) is 0 Å². The third kappa shape index (κ3) is 0.939. The van der Waals surface area contributed by atoms with Gasteiger partial charge in [0.2, 0.25) is 0 Å². The summed E-state index contributed by atoms with van der Waals surface area (Å²) in [5.41, 5.74) is 0. The van der Waals surface area contributed by atoms with Crippen LogP contribution in [0.5, 0.6) is 0 Å². The fourth-order valence-corrected chi connectivity index (χ4v) is 1.53. The number of fused-ring (bicyclic) bond motifs is 1. The maximum absolute atomic E-state index is 4.38. The van der Waals surface area contributed by atoms with Crippen molar-refractivity contribution in [2.45, 2.75) is 18.9 Å². The predicted molar refractivity (Wildman–Crippen MR) is 41.1 cm³/mol. The van der Waals surface area contributed by atoms with Gasteiger partial charge in [0.25, 0.3) is 0 Å². The zero-order valence-corrected chi connectivity index (χ0v) is 5.90. The molecular weight excluding hydrogens is 124 g/mol. The van der Waals surface area contributed by atoms with Gasteiger partial charge in [-0.1, -0.05) is 6.08 Å². The van der Waals surface area contributed by atoms with Crippen molar-refractivity contribution in [1.29, 1.82) is 0 Å². The van der Waals surface area contributed by atoms with E-state index in [-0.39, 0.29) is 0 Å². The highest BCUT2D eigenvalue weighted by molar-refractivity contribution is 5.59. The van der Waals surface area contributed by atoms with Crippen LogP contribution in [0.3, 0.4) is 0 Å². The maximum atomic E-state index is 4.38. The van der Waals surface area contributed by atoms with Crippen molar-refractivity contribution in [2.24, 2.45) is 10.9 Å². The average Bonchev–Trinajstić information content (AvgIpc) is 2.05. The molecule has 0 bridgehead atoms. The largest absolute Gasteiger partial charge is 0.297 e. The van der Waals surface area contributed by atoms with E-state index in [4.69, 9.17) is 0 Å². The van der Waals surface area contributed by atoms with Crippen molar-refractivity contribution in [2.75, 3.05) is 6.54 Å². The van der Waals surface area contributed by atoms with Gasteiger partial charge in [0.05, 0.1) is 6.04 Å². The summed E-state index contributed by atoms with van der Waals surface area (Å²) in [5.74, 6) is 0.704. The molecule has 2 atom stereocenters. The van der Waals surface area contributed by atoms with Crippen molar-refractivity contribution >= 4 is 6.21 Å². The van der Waals surface area contributed by atoms with Crippen LogP contribution in [0.25, 0.3) is 0 Å². The van der Waals surface area contributed by atoms with Gasteiger partial charge in [0.1, 0.15) is 0 Å². The number of hydrogen-bond donors (Lipinski definition) is 0. The minimum Gasteiger partial charge on any atom is -0.297 e. The lowest BCUT2D eigenvalue weighted by Crippen LogP contribution is -2.35. The maximum Gasteiger partial charge on any atom is 0.0597 e. The monoisotopic (exact) mass is 135 g/mol. The normalized spacial score (nSPS) is 36.8. The second-order valence-corrected chi connectivity index (χ2v) is 2.88. The molecule has 0 aliphatic carbocycles. The Morgan fingerprint density at radius 3 is 3.20 bits per heavy atom. The van der Waals surface area contributed by atoms with E-state index in [0.717, 1.165) is 13.0 Å². The van der Waals surface area contributed by atoms with Crippen LogP contribution in [-0.2, 0) is 0 Å². The van der Waals surface area contributed by atoms with Crippen LogP contribution in [0.15, 0.2) is 17.3 Å². The topological polar surface area (TPSA) is 26.5 Å². The molecule has 2 nitrogen and oxygen atoms in total. The van der Waals surface area contributed by atoms with Crippen molar-refractivity contribution in [3.63, 3.8) is 0 Å². The van der Waals surface area contributed by atoms with Gasteiger partial charge in [-0.3, -0.25) is 10.3 Å². The van der Waals surface area contributed by atoms with Gasteiger partial charge in [-0.2, -0.15) is 0 Å². The summed E-state index contributed by atoms with van der Waals surface area (Å²) < 4.78 is 0. The molecule has 2 aliphatic rings. The van der Waals surface area contributed by atoms with Gasteiger partial charge < -0.3 is 0 Å². The van der Waals surface area contributed by atoms with Crippen LogP contribution in [0, 0.1) is 5.92 Å². The zero-order chi connectivity index (χ0) is 6.81. The van der Waals surface area contributed by atoms with Crippen LogP contribution in [0.4, 0.5) is 0 Å². The molecule has 2 heterocycles. The van der Waals surface area contributed by atoms with Crippen LogP contribution in [-0.4, -0.2) is 18.8 Å². The summed E-state index contributed by atoms with van der Waals surface area (Å²) in [6.45, 7) is 0.985. The molecule has 2 aliphatic heterocycles. The quantitative estimate of drug-likeness (QED) is 0.473. The Labute approximate surface area is 61.0 Å². The summed E-state index contributed by atoms with van der Waals surface area (Å²) in [6, 6.07) is 0.544. The Balaban J connectivity index is 2.09. The van der Waals surface area contributed by atoms with E-state index >= 15 is 0 Å². The van der Waals surface area contributed by atoms with E-state index < -0.39 is 0 Å². The first-order valence-electron chi connectivity index (χ1n) is 3.80. The first-order chi connectivity index (χ1) is 4.97. The molecular formula is C8H11N2. The molecule has 2 heteroatoms. The molecule has 0 spiro atoms. The van der Waals surface area contributed by atoms with Gasteiger partial charge in [-0.05, 0) is 6.42 Å². The van der Waals surface area contributed by atoms with Gasteiger partial charge in [0, 0.05) is 31.3 Å². The molecule has 2 rings (SSSR count). The number of hydrogen-bond acceptors (Lipinski definition) is 1. The number of nitrogens with zero attached hydrogens (tertiary/aromatic N) is 2. The zero-order valence-electron chi connectivity index (χ0n) is 5.90. The SMILES string of the molecule is C1=C[N]C2CC=NCC2C1. The molecule has 0 aromatic rings. The highest BCUT2D eigenvalue weighted by Crippen LogP contribution is 2.20. The standard InChI is InChI=1S/C8H11N2/c1-2-7-6-9-5-3-8(7)10-4-1/h1,4-5,7-8H,2-3,6H2. The molecule has 1 radical (unpaired) electrons. The highest BCUT2D eigenvalue weighted by Gasteiger charge is 2.24. The Kier molecular flexibility index (Phi) is 1.46. The molecule has 2 unspecified atom stereocenters. The Morgan fingerprint density at radius 2 is 2.30 bits per heavy atom. The summed E-state index contributed by atoms with van der Waals surface area (Å²) in [7, 11) is 0. The average molecular weight is 135 g/mol. The fraction of sp³-hybridized carbons (Fsp3) is 0.625. The molecule has 10 heavy (non-hydrogen) atoms. The first kappa shape index (κ1) is 5.96. The lowest BCUT2D eigenvalue weighted by molar-refractivity contribution is 0.370. The predicted octanol–water partition coefficient (Wildman–Crippen LogP) is 0.967. The Bertz CT molecular complexity index is 136. The molecule has 0 aromatic heterocycles. The summed E-state index contributed by atoms with van der Waals surface area (Å²) in [5, 5.41) is 4.38. The second kappa shape index (κ2) is 2.45. The van der Waals surface area contributed by atoms with E-state index in [0.29, 0.717) is 12.0 Å². The second-order valence-electron chi connectivity index (χ2n) is 2.88. The van der Waals surface area contributed by atoms with Crippen LogP contribution < -0.4 is 5.32 Å². The molecule has 0 amide bonds. The van der Waals surface area contributed by atoms with Gasteiger partial charge in [0.15, 0.2) is 0 Å². The van der Waals surface area contributed by atoms with Crippen molar-refractivity contribution < 1.29 is 0 Å². The van der Waals surface area contributed by atoms with Crippen molar-refractivity contribution in [3.8, 4) is 0 Å². The van der Waals surface area contributed by atoms with E-state index in [9.17, 15) is 0 Å². The molecule has 0 aromatic carbocycles. The minimum atomic E-state index is 0.544. The van der Waals surface area contributed by atoms with Crippen molar-refractivity contribution in [1.82, 2.24) is 5.32 Å². The first-order valence-corrected chi connectivity index (χ1v) is 3.80. The van der Waals surface area contributed by atoms with E-state index in [1.807, 2.05) is 12.4 Å². The summed E-state index contributed by atoms with van der Waals surface area (Å²) in [4.78, 5) is 4.24. The third-order valence-electron chi connectivity index (χ3n) is 2.18. The lowest BCUT2D eigenvalue weighted by Gasteiger charge is -2.28. The molecule has 0 fully saturated rings. The number of rotatable bonds is 0. The summed E-state index contributed by atoms with van der Waals surface area (Å²) >= 11 is 0. The molecule has 0 saturated heterocycles. The van der Waals surface area contributed by atoms with Crippen LogP contribution >= 0.6 is 0 Å². The number of allylic oxidation sites excluding steroid dienone is 1. The van der Waals surface area contributed by atoms with E-state index in [2.05, 4.69) is 16.4 Å². The Morgan fingerprint density at radius 1 is 1.30 bits per heavy atom. The molecule has 53 valence electrons.